The predicted octanol–water partition coefficient (Wildman–Crippen LogP) is 3.43. The number of hydrogen-bond donors (Lipinski definition) is 0. The van der Waals surface area contributed by atoms with Crippen molar-refractivity contribution < 1.29 is 4.79 Å². The summed E-state index contributed by atoms with van der Waals surface area (Å²) in [4.78, 5) is 14.7. The number of allylic oxidation sites excluding steroid dienone is 2. The van der Waals surface area contributed by atoms with Crippen molar-refractivity contribution in [2.45, 2.75) is 19.4 Å². The summed E-state index contributed by atoms with van der Waals surface area (Å²) in [7, 11) is 0. The van der Waals surface area contributed by atoms with Crippen LogP contribution in [0.3, 0.4) is 0 Å². The molecule has 0 fully saturated rings. The SMILES string of the molecule is O=C1CCN(Cc2ccccc2)C2=C1c1ccccc1C2. The first-order valence-corrected chi connectivity index (χ1v) is 7.46. The lowest BCUT2D eigenvalue weighted by Gasteiger charge is -2.30. The van der Waals surface area contributed by atoms with Crippen molar-refractivity contribution in [2.24, 2.45) is 0 Å². The zero-order chi connectivity index (χ0) is 14.2. The van der Waals surface area contributed by atoms with E-state index in [2.05, 4.69) is 47.4 Å². The van der Waals surface area contributed by atoms with Gasteiger partial charge in [-0.2, -0.15) is 0 Å². The molecule has 0 saturated heterocycles. The van der Waals surface area contributed by atoms with Crippen LogP contribution in [0.4, 0.5) is 0 Å². The first-order valence-electron chi connectivity index (χ1n) is 7.46. The molecule has 2 nitrogen and oxygen atoms in total. The highest BCUT2D eigenvalue weighted by Gasteiger charge is 2.32. The lowest BCUT2D eigenvalue weighted by atomic mass is 9.97. The summed E-state index contributed by atoms with van der Waals surface area (Å²) in [6.07, 6.45) is 1.52. The largest absolute Gasteiger partial charge is 0.369 e. The maximum Gasteiger partial charge on any atom is 0.167 e. The van der Waals surface area contributed by atoms with Crippen LogP contribution in [0.1, 0.15) is 23.1 Å². The number of benzene rings is 2. The van der Waals surface area contributed by atoms with Gasteiger partial charge >= 0.3 is 0 Å². The third-order valence-electron chi connectivity index (χ3n) is 4.42. The monoisotopic (exact) mass is 275 g/mol. The molecule has 0 amide bonds. The van der Waals surface area contributed by atoms with Crippen molar-refractivity contribution in [3.8, 4) is 0 Å². The Morgan fingerprint density at radius 1 is 0.952 bits per heavy atom. The zero-order valence-electron chi connectivity index (χ0n) is 11.9. The van der Waals surface area contributed by atoms with Crippen LogP contribution in [0, 0.1) is 0 Å². The van der Waals surface area contributed by atoms with Crippen LogP contribution in [0.2, 0.25) is 0 Å². The topological polar surface area (TPSA) is 20.3 Å². The number of carbonyl (C=O) groups is 1. The van der Waals surface area contributed by atoms with Gasteiger partial charge in [-0.3, -0.25) is 4.79 Å². The second kappa shape index (κ2) is 4.88. The molecule has 0 atom stereocenters. The van der Waals surface area contributed by atoms with Crippen LogP contribution in [-0.2, 0) is 17.8 Å². The lowest BCUT2D eigenvalue weighted by molar-refractivity contribution is -0.114. The van der Waals surface area contributed by atoms with Crippen LogP contribution in [0.25, 0.3) is 5.57 Å². The van der Waals surface area contributed by atoms with Gasteiger partial charge in [-0.05, 0) is 16.7 Å². The molecular weight excluding hydrogens is 258 g/mol. The third kappa shape index (κ3) is 2.07. The molecule has 0 saturated carbocycles. The summed E-state index contributed by atoms with van der Waals surface area (Å²) in [5.74, 6) is 0.305. The van der Waals surface area contributed by atoms with Gasteiger partial charge in [0.15, 0.2) is 5.78 Å². The van der Waals surface area contributed by atoms with Gasteiger partial charge < -0.3 is 4.90 Å². The standard InChI is InChI=1S/C19H17NO/c21-18-10-11-20(13-14-6-2-1-3-7-14)17-12-15-8-4-5-9-16(15)19(17)18/h1-9H,10-13H2. The van der Waals surface area contributed by atoms with Crippen molar-refractivity contribution in [1.29, 1.82) is 0 Å². The number of rotatable bonds is 2. The van der Waals surface area contributed by atoms with Crippen LogP contribution in [0.5, 0.6) is 0 Å². The average molecular weight is 275 g/mol. The fourth-order valence-electron chi connectivity index (χ4n) is 3.40. The molecule has 2 aromatic rings. The van der Waals surface area contributed by atoms with E-state index in [9.17, 15) is 4.79 Å². The fourth-order valence-corrected chi connectivity index (χ4v) is 3.40. The summed E-state index contributed by atoms with van der Waals surface area (Å²) in [6, 6.07) is 18.8. The molecule has 0 aromatic heterocycles. The van der Waals surface area contributed by atoms with Gasteiger partial charge in [0.2, 0.25) is 0 Å². The Balaban J connectivity index is 1.71. The lowest BCUT2D eigenvalue weighted by Crippen LogP contribution is -2.31. The van der Waals surface area contributed by atoms with Crippen LogP contribution in [0.15, 0.2) is 60.3 Å². The normalized spacial score (nSPS) is 17.0. The second-order valence-electron chi connectivity index (χ2n) is 5.74. The van der Waals surface area contributed by atoms with E-state index in [1.807, 2.05) is 12.1 Å². The smallest absolute Gasteiger partial charge is 0.167 e. The van der Waals surface area contributed by atoms with E-state index in [1.54, 1.807) is 0 Å². The molecule has 0 radical (unpaired) electrons. The Morgan fingerprint density at radius 3 is 2.57 bits per heavy atom. The molecule has 2 heteroatoms. The summed E-state index contributed by atoms with van der Waals surface area (Å²) < 4.78 is 0. The Labute approximate surface area is 124 Å². The third-order valence-corrected chi connectivity index (χ3v) is 4.42. The minimum Gasteiger partial charge on any atom is -0.369 e. The van der Waals surface area contributed by atoms with E-state index in [0.717, 1.165) is 30.6 Å². The van der Waals surface area contributed by atoms with Gasteiger partial charge in [-0.1, -0.05) is 54.6 Å². The van der Waals surface area contributed by atoms with Crippen molar-refractivity contribution >= 4 is 11.4 Å². The van der Waals surface area contributed by atoms with Gasteiger partial charge in [0, 0.05) is 37.2 Å². The van der Waals surface area contributed by atoms with Gasteiger partial charge in [0.05, 0.1) is 0 Å². The fraction of sp³-hybridized carbons (Fsp3) is 0.211. The van der Waals surface area contributed by atoms with E-state index < -0.39 is 0 Å². The molecule has 2 aromatic carbocycles. The predicted molar refractivity (Wildman–Crippen MR) is 83.5 cm³/mol. The summed E-state index contributed by atoms with van der Waals surface area (Å²) >= 11 is 0. The van der Waals surface area contributed by atoms with Crippen LogP contribution < -0.4 is 0 Å². The number of Topliss-reactive ketones (excluding diaryl/α,β-unsaturated/α-hetero) is 1. The molecule has 0 unspecified atom stereocenters. The minimum absolute atomic E-state index is 0.305. The number of ketones is 1. The molecule has 104 valence electrons. The quantitative estimate of drug-likeness (QED) is 0.837. The number of fused-ring (bicyclic) bond motifs is 2. The maximum atomic E-state index is 12.4. The van der Waals surface area contributed by atoms with Crippen molar-refractivity contribution in [2.75, 3.05) is 6.54 Å². The van der Waals surface area contributed by atoms with Gasteiger partial charge in [-0.25, -0.2) is 0 Å². The van der Waals surface area contributed by atoms with Crippen LogP contribution >= 0.6 is 0 Å². The molecular formula is C19H17NO. The van der Waals surface area contributed by atoms with Crippen LogP contribution in [-0.4, -0.2) is 17.2 Å². The highest BCUT2D eigenvalue weighted by atomic mass is 16.1. The van der Waals surface area contributed by atoms with E-state index in [0.29, 0.717) is 12.2 Å². The number of nitrogens with zero attached hydrogens (tertiary/aromatic N) is 1. The van der Waals surface area contributed by atoms with Gasteiger partial charge in [-0.15, -0.1) is 0 Å². The summed E-state index contributed by atoms with van der Waals surface area (Å²) in [6.45, 7) is 1.72. The Morgan fingerprint density at radius 2 is 1.71 bits per heavy atom. The first kappa shape index (κ1) is 12.4. The Bertz CT molecular complexity index is 730. The zero-order valence-corrected chi connectivity index (χ0v) is 11.9. The molecule has 2 aliphatic rings. The molecule has 1 aliphatic carbocycles. The van der Waals surface area contributed by atoms with Crippen molar-refractivity contribution in [3.05, 3.63) is 77.0 Å². The average Bonchev–Trinajstić information content (AvgIpc) is 2.92. The molecule has 0 spiro atoms. The molecule has 0 N–H and O–H groups in total. The van der Waals surface area contributed by atoms with E-state index in [1.165, 1.54) is 16.8 Å². The molecule has 21 heavy (non-hydrogen) atoms. The number of carbonyl (C=O) groups excluding carboxylic acids is 1. The van der Waals surface area contributed by atoms with Crippen molar-refractivity contribution in [1.82, 2.24) is 4.90 Å². The van der Waals surface area contributed by atoms with Gasteiger partial charge in [0.25, 0.3) is 0 Å². The molecule has 1 heterocycles. The summed E-state index contributed by atoms with van der Waals surface area (Å²) in [5, 5.41) is 0. The van der Waals surface area contributed by atoms with Gasteiger partial charge in [0.1, 0.15) is 0 Å². The Kier molecular flexibility index (Phi) is 2.88. The number of hydrogen-bond acceptors (Lipinski definition) is 2. The highest BCUT2D eigenvalue weighted by Crippen LogP contribution is 2.38. The van der Waals surface area contributed by atoms with Crippen molar-refractivity contribution in [3.63, 3.8) is 0 Å². The summed E-state index contributed by atoms with van der Waals surface area (Å²) in [5.41, 5.74) is 5.92. The highest BCUT2D eigenvalue weighted by molar-refractivity contribution is 6.23. The van der Waals surface area contributed by atoms with E-state index in [4.69, 9.17) is 0 Å². The Hall–Kier alpha value is -2.35. The maximum absolute atomic E-state index is 12.4. The van der Waals surface area contributed by atoms with E-state index >= 15 is 0 Å². The molecule has 1 aliphatic heterocycles. The first-order chi connectivity index (χ1) is 10.3. The second-order valence-corrected chi connectivity index (χ2v) is 5.74. The minimum atomic E-state index is 0.305. The molecule has 0 bridgehead atoms. The van der Waals surface area contributed by atoms with E-state index in [-0.39, 0.29) is 0 Å². The molecule has 4 rings (SSSR count).